The third-order valence-electron chi connectivity index (χ3n) is 1.80. The number of hydrogen-bond donors (Lipinski definition) is 2. The normalized spacial score (nSPS) is 14.1. The van der Waals surface area contributed by atoms with Gasteiger partial charge in [0.25, 0.3) is 0 Å². The maximum atomic E-state index is 11.3. The lowest BCUT2D eigenvalue weighted by Gasteiger charge is -2.15. The fourth-order valence-electron chi connectivity index (χ4n) is 0.814. The number of methoxy groups -OCH3 is 1. The van der Waals surface area contributed by atoms with Crippen molar-refractivity contribution in [2.45, 2.75) is 31.1 Å². The Labute approximate surface area is 94.7 Å². The second-order valence-electron chi connectivity index (χ2n) is 3.01. The molecular formula is C9H17NO4S. The van der Waals surface area contributed by atoms with Gasteiger partial charge in [-0.3, -0.25) is 9.59 Å². The summed E-state index contributed by atoms with van der Waals surface area (Å²) in [5.74, 6) is -1.27. The first-order valence-corrected chi connectivity index (χ1v) is 5.24. The number of nitrogens with two attached hydrogens (primary N) is 1. The summed E-state index contributed by atoms with van der Waals surface area (Å²) in [6.07, 6.45) is 1.70. The monoisotopic (exact) mass is 235 g/mol. The fourth-order valence-corrected chi connectivity index (χ4v) is 1.01. The van der Waals surface area contributed by atoms with Gasteiger partial charge in [0.1, 0.15) is 11.3 Å². The van der Waals surface area contributed by atoms with Crippen molar-refractivity contribution in [2.75, 3.05) is 13.7 Å². The van der Waals surface area contributed by atoms with Gasteiger partial charge in [-0.05, 0) is 6.42 Å². The number of hydrogen-bond acceptors (Lipinski definition) is 6. The number of thiol groups is 1. The van der Waals surface area contributed by atoms with E-state index in [2.05, 4.69) is 17.4 Å². The van der Waals surface area contributed by atoms with E-state index >= 15 is 0 Å². The van der Waals surface area contributed by atoms with Crippen LogP contribution < -0.4 is 5.73 Å². The molecule has 0 aromatic rings. The predicted molar refractivity (Wildman–Crippen MR) is 58.6 cm³/mol. The highest BCUT2D eigenvalue weighted by atomic mass is 32.1. The van der Waals surface area contributed by atoms with E-state index in [1.165, 1.54) is 7.11 Å². The zero-order valence-corrected chi connectivity index (χ0v) is 9.83. The molecule has 5 nitrogen and oxygen atoms in total. The van der Waals surface area contributed by atoms with Crippen LogP contribution in [0.5, 0.6) is 0 Å². The van der Waals surface area contributed by atoms with Gasteiger partial charge < -0.3 is 15.2 Å². The molecule has 0 radical (unpaired) electrons. The molecule has 0 spiro atoms. The molecule has 0 heterocycles. The Morgan fingerprint density at radius 2 is 2.00 bits per heavy atom. The van der Waals surface area contributed by atoms with Crippen molar-refractivity contribution in [3.63, 3.8) is 0 Å². The summed E-state index contributed by atoms with van der Waals surface area (Å²) in [7, 11) is 1.20. The zero-order valence-electron chi connectivity index (χ0n) is 8.93. The van der Waals surface area contributed by atoms with Gasteiger partial charge in [0.05, 0.1) is 13.7 Å². The summed E-state index contributed by atoms with van der Waals surface area (Å²) < 4.78 is 9.25. The van der Waals surface area contributed by atoms with Crippen LogP contribution in [0.2, 0.25) is 0 Å². The molecule has 15 heavy (non-hydrogen) atoms. The highest BCUT2D eigenvalue weighted by Crippen LogP contribution is 2.05. The largest absolute Gasteiger partial charge is 0.468 e. The first-order chi connectivity index (χ1) is 7.04. The van der Waals surface area contributed by atoms with Crippen LogP contribution in [0.15, 0.2) is 0 Å². The molecule has 88 valence electrons. The Morgan fingerprint density at radius 3 is 2.47 bits per heavy atom. The summed E-state index contributed by atoms with van der Waals surface area (Å²) in [6, 6.07) is -1.09. The zero-order chi connectivity index (χ0) is 11.8. The van der Waals surface area contributed by atoms with Gasteiger partial charge in [0.2, 0.25) is 0 Å². The molecule has 0 fully saturated rings. The summed E-state index contributed by atoms with van der Waals surface area (Å²) in [6.45, 7) is 2.30. The van der Waals surface area contributed by atoms with Crippen molar-refractivity contribution in [3.05, 3.63) is 0 Å². The van der Waals surface area contributed by atoms with E-state index in [-0.39, 0.29) is 0 Å². The van der Waals surface area contributed by atoms with Crippen molar-refractivity contribution in [1.82, 2.24) is 0 Å². The number of carbonyl (C=O) groups excluding carboxylic acids is 2. The first kappa shape index (κ1) is 14.2. The summed E-state index contributed by atoms with van der Waals surface area (Å²) in [4.78, 5) is 22.3. The second kappa shape index (κ2) is 7.53. The van der Waals surface area contributed by atoms with Crippen molar-refractivity contribution in [3.8, 4) is 0 Å². The summed E-state index contributed by atoms with van der Waals surface area (Å²) in [5, 5.41) is -0.977. The average molecular weight is 235 g/mol. The highest BCUT2D eigenvalue weighted by Gasteiger charge is 2.29. The van der Waals surface area contributed by atoms with Crippen molar-refractivity contribution in [1.29, 1.82) is 0 Å². The van der Waals surface area contributed by atoms with Crippen LogP contribution in [-0.4, -0.2) is 36.9 Å². The minimum absolute atomic E-state index is 0.320. The molecule has 0 saturated carbocycles. The predicted octanol–water partition coefficient (Wildman–Crippen LogP) is 0.128. The minimum atomic E-state index is -1.09. The van der Waals surface area contributed by atoms with Crippen molar-refractivity contribution >= 4 is 24.6 Å². The fraction of sp³-hybridized carbons (Fsp3) is 0.778. The number of carbonyl (C=O) groups is 2. The van der Waals surface area contributed by atoms with Crippen LogP contribution in [0.4, 0.5) is 0 Å². The van der Waals surface area contributed by atoms with Gasteiger partial charge in [-0.15, -0.1) is 0 Å². The Kier molecular flexibility index (Phi) is 7.15. The van der Waals surface area contributed by atoms with E-state index in [0.717, 1.165) is 12.8 Å². The van der Waals surface area contributed by atoms with E-state index in [9.17, 15) is 9.59 Å². The van der Waals surface area contributed by atoms with Crippen molar-refractivity contribution in [2.24, 2.45) is 5.73 Å². The van der Waals surface area contributed by atoms with Gasteiger partial charge in [-0.25, -0.2) is 0 Å². The Morgan fingerprint density at radius 1 is 1.40 bits per heavy atom. The number of rotatable bonds is 6. The van der Waals surface area contributed by atoms with Crippen LogP contribution in [0.25, 0.3) is 0 Å². The molecule has 0 aliphatic carbocycles. The van der Waals surface area contributed by atoms with Crippen LogP contribution in [-0.2, 0) is 19.1 Å². The number of esters is 2. The molecule has 2 N–H and O–H groups in total. The third kappa shape index (κ3) is 5.03. The van der Waals surface area contributed by atoms with Crippen LogP contribution >= 0.6 is 12.6 Å². The lowest BCUT2D eigenvalue weighted by molar-refractivity contribution is -0.149. The molecule has 0 amide bonds. The highest BCUT2D eigenvalue weighted by molar-refractivity contribution is 7.81. The number of ether oxygens (including phenoxy) is 2. The molecule has 1 unspecified atom stereocenters. The molecule has 0 aromatic carbocycles. The van der Waals surface area contributed by atoms with E-state index in [1.807, 2.05) is 6.92 Å². The topological polar surface area (TPSA) is 78.6 Å². The Bertz CT molecular complexity index is 222. The van der Waals surface area contributed by atoms with Crippen LogP contribution in [0.1, 0.15) is 19.8 Å². The maximum Gasteiger partial charge on any atom is 0.324 e. The molecule has 0 aromatic heterocycles. The quantitative estimate of drug-likeness (QED) is 0.388. The molecule has 0 aliphatic rings. The van der Waals surface area contributed by atoms with Crippen LogP contribution in [0.3, 0.4) is 0 Å². The first-order valence-electron chi connectivity index (χ1n) is 4.72. The molecule has 0 rings (SSSR count). The number of unbranched alkanes of at least 4 members (excludes halogenated alkanes) is 1. The van der Waals surface area contributed by atoms with E-state index in [0.29, 0.717) is 6.61 Å². The Balaban J connectivity index is 4.02. The SMILES string of the molecule is CCCCOC(=O)C(S)[C@H](N)C(=O)OC. The summed E-state index contributed by atoms with van der Waals surface area (Å²) in [5.41, 5.74) is 5.42. The minimum Gasteiger partial charge on any atom is -0.468 e. The van der Waals surface area contributed by atoms with E-state index in [1.54, 1.807) is 0 Å². The lowest BCUT2D eigenvalue weighted by Crippen LogP contribution is -2.44. The third-order valence-corrected chi connectivity index (χ3v) is 2.33. The molecular weight excluding hydrogens is 218 g/mol. The van der Waals surface area contributed by atoms with Crippen molar-refractivity contribution < 1.29 is 19.1 Å². The molecule has 0 aliphatic heterocycles. The van der Waals surface area contributed by atoms with E-state index < -0.39 is 23.2 Å². The lowest BCUT2D eigenvalue weighted by atomic mass is 10.2. The van der Waals surface area contributed by atoms with E-state index in [4.69, 9.17) is 10.5 Å². The second-order valence-corrected chi connectivity index (χ2v) is 3.57. The standard InChI is InChI=1S/C9H17NO4S/c1-3-4-5-14-9(12)7(15)6(10)8(11)13-2/h6-7,15H,3-5,10H2,1-2H3/t6-,7?/m0/s1. The molecule has 0 bridgehead atoms. The van der Waals surface area contributed by atoms with Gasteiger partial charge in [0, 0.05) is 0 Å². The average Bonchev–Trinajstić information content (AvgIpc) is 2.26. The van der Waals surface area contributed by atoms with Crippen LogP contribution in [0, 0.1) is 0 Å². The Hall–Kier alpha value is -0.750. The molecule has 0 saturated heterocycles. The molecule has 2 atom stereocenters. The van der Waals surface area contributed by atoms with Gasteiger partial charge >= 0.3 is 11.9 Å². The maximum absolute atomic E-state index is 11.3. The van der Waals surface area contributed by atoms with Gasteiger partial charge in [-0.2, -0.15) is 12.6 Å². The van der Waals surface area contributed by atoms with Gasteiger partial charge in [-0.1, -0.05) is 13.3 Å². The molecule has 6 heteroatoms. The van der Waals surface area contributed by atoms with Gasteiger partial charge in [0.15, 0.2) is 0 Å². The smallest absolute Gasteiger partial charge is 0.324 e. The summed E-state index contributed by atoms with van der Waals surface area (Å²) >= 11 is 3.92.